The first-order chi connectivity index (χ1) is 11.0. The van der Waals surface area contributed by atoms with Crippen molar-refractivity contribution in [1.29, 1.82) is 10.5 Å². The summed E-state index contributed by atoms with van der Waals surface area (Å²) in [6.07, 6.45) is 0.240. The SMILES string of the molecule is CCC(=O)Oc1ccc(-c2c(C#N)c(N)[nH]c(=O)c2C#N)cc1. The van der Waals surface area contributed by atoms with Gasteiger partial charge in [0.05, 0.1) is 0 Å². The van der Waals surface area contributed by atoms with Gasteiger partial charge in [-0.3, -0.25) is 9.59 Å². The maximum atomic E-state index is 11.8. The van der Waals surface area contributed by atoms with Gasteiger partial charge in [-0.25, -0.2) is 0 Å². The predicted molar refractivity (Wildman–Crippen MR) is 82.3 cm³/mol. The van der Waals surface area contributed by atoms with Crippen LogP contribution < -0.4 is 16.0 Å². The Bertz CT molecular complexity index is 899. The van der Waals surface area contributed by atoms with E-state index in [1.807, 2.05) is 6.07 Å². The summed E-state index contributed by atoms with van der Waals surface area (Å²) in [5.74, 6) is -0.156. The second kappa shape index (κ2) is 6.46. The number of carbonyl (C=O) groups is 1. The zero-order valence-corrected chi connectivity index (χ0v) is 12.2. The van der Waals surface area contributed by atoms with Crippen LogP contribution in [-0.4, -0.2) is 11.0 Å². The van der Waals surface area contributed by atoms with E-state index in [-0.39, 0.29) is 34.9 Å². The maximum Gasteiger partial charge on any atom is 0.310 e. The normalized spacial score (nSPS) is 9.70. The number of carbonyl (C=O) groups excluding carboxylic acids is 1. The highest BCUT2D eigenvalue weighted by atomic mass is 16.5. The second-order valence-corrected chi connectivity index (χ2v) is 4.57. The summed E-state index contributed by atoms with van der Waals surface area (Å²) >= 11 is 0. The second-order valence-electron chi connectivity index (χ2n) is 4.57. The number of nitrogens with one attached hydrogen (secondary N) is 1. The number of aromatic nitrogens is 1. The Balaban J connectivity index is 2.59. The van der Waals surface area contributed by atoms with Gasteiger partial charge in [0.15, 0.2) is 0 Å². The zero-order valence-electron chi connectivity index (χ0n) is 12.2. The first-order valence-corrected chi connectivity index (χ1v) is 6.68. The minimum atomic E-state index is -0.666. The lowest BCUT2D eigenvalue weighted by Gasteiger charge is -2.09. The Morgan fingerprint density at radius 1 is 1.22 bits per heavy atom. The number of nitrogens with zero attached hydrogens (tertiary/aromatic N) is 2. The Morgan fingerprint density at radius 2 is 1.83 bits per heavy atom. The molecule has 7 nitrogen and oxygen atoms in total. The Hall–Kier alpha value is -3.58. The molecule has 0 atom stereocenters. The highest BCUT2D eigenvalue weighted by Gasteiger charge is 2.18. The molecule has 1 heterocycles. The molecule has 1 aromatic heterocycles. The van der Waals surface area contributed by atoms with Gasteiger partial charge in [0.1, 0.15) is 34.8 Å². The summed E-state index contributed by atoms with van der Waals surface area (Å²) in [5.41, 5.74) is 5.41. The van der Waals surface area contributed by atoms with Crippen LogP contribution in [0.2, 0.25) is 0 Å². The number of benzene rings is 1. The van der Waals surface area contributed by atoms with Gasteiger partial charge in [0.2, 0.25) is 0 Å². The number of nitrogens with two attached hydrogens (primary N) is 1. The van der Waals surface area contributed by atoms with Crippen LogP contribution in [0.3, 0.4) is 0 Å². The summed E-state index contributed by atoms with van der Waals surface area (Å²) in [4.78, 5) is 25.4. The number of ether oxygens (including phenoxy) is 1. The van der Waals surface area contributed by atoms with Gasteiger partial charge in [-0.1, -0.05) is 19.1 Å². The third-order valence-electron chi connectivity index (χ3n) is 3.13. The lowest BCUT2D eigenvalue weighted by Crippen LogP contribution is -2.16. The van der Waals surface area contributed by atoms with Crippen molar-refractivity contribution in [3.05, 3.63) is 45.7 Å². The fraction of sp³-hybridized carbons (Fsp3) is 0.125. The van der Waals surface area contributed by atoms with E-state index in [0.717, 1.165) is 0 Å². The third-order valence-corrected chi connectivity index (χ3v) is 3.13. The van der Waals surface area contributed by atoms with Crippen molar-refractivity contribution in [1.82, 2.24) is 4.98 Å². The first kappa shape index (κ1) is 15.8. The molecule has 1 aromatic carbocycles. The van der Waals surface area contributed by atoms with Crippen molar-refractivity contribution < 1.29 is 9.53 Å². The Kier molecular flexibility index (Phi) is 4.44. The molecule has 0 spiro atoms. The van der Waals surface area contributed by atoms with Crippen LogP contribution >= 0.6 is 0 Å². The first-order valence-electron chi connectivity index (χ1n) is 6.68. The predicted octanol–water partition coefficient (Wildman–Crippen LogP) is 1.68. The van der Waals surface area contributed by atoms with E-state index in [9.17, 15) is 20.1 Å². The number of hydrogen-bond acceptors (Lipinski definition) is 6. The molecule has 114 valence electrons. The number of nitrogen functional groups attached to an aromatic ring is 1. The van der Waals surface area contributed by atoms with E-state index in [1.54, 1.807) is 25.1 Å². The van der Waals surface area contributed by atoms with Crippen LogP contribution in [0.25, 0.3) is 11.1 Å². The van der Waals surface area contributed by atoms with Gasteiger partial charge in [-0.15, -0.1) is 0 Å². The smallest absolute Gasteiger partial charge is 0.310 e. The number of nitriles is 2. The summed E-state index contributed by atoms with van der Waals surface area (Å²) < 4.78 is 5.05. The fourth-order valence-corrected chi connectivity index (χ4v) is 2.03. The molecular formula is C16H12N4O3. The highest BCUT2D eigenvalue weighted by Crippen LogP contribution is 2.29. The van der Waals surface area contributed by atoms with E-state index in [0.29, 0.717) is 11.3 Å². The molecule has 2 rings (SSSR count). The molecular weight excluding hydrogens is 296 g/mol. The van der Waals surface area contributed by atoms with Crippen molar-refractivity contribution in [2.45, 2.75) is 13.3 Å². The minimum absolute atomic E-state index is 0.0134. The molecule has 0 saturated carbocycles. The lowest BCUT2D eigenvalue weighted by atomic mass is 9.96. The number of rotatable bonds is 3. The molecule has 0 unspecified atom stereocenters. The lowest BCUT2D eigenvalue weighted by molar-refractivity contribution is -0.134. The third kappa shape index (κ3) is 3.04. The molecule has 0 amide bonds. The van der Waals surface area contributed by atoms with Crippen LogP contribution in [0, 0.1) is 22.7 Å². The van der Waals surface area contributed by atoms with Crippen molar-refractivity contribution in [2.75, 3.05) is 5.73 Å². The van der Waals surface area contributed by atoms with Crippen molar-refractivity contribution in [3.63, 3.8) is 0 Å². The molecule has 0 radical (unpaired) electrons. The van der Waals surface area contributed by atoms with E-state index < -0.39 is 5.56 Å². The molecule has 0 aliphatic rings. The van der Waals surface area contributed by atoms with Crippen LogP contribution in [0.1, 0.15) is 24.5 Å². The molecule has 0 fully saturated rings. The fourth-order valence-electron chi connectivity index (χ4n) is 2.03. The van der Waals surface area contributed by atoms with Crippen LogP contribution in [0.5, 0.6) is 5.75 Å². The monoisotopic (exact) mass is 308 g/mol. The highest BCUT2D eigenvalue weighted by molar-refractivity contribution is 5.80. The average molecular weight is 308 g/mol. The van der Waals surface area contributed by atoms with E-state index in [1.165, 1.54) is 12.1 Å². The molecule has 0 saturated heterocycles. The summed E-state index contributed by atoms with van der Waals surface area (Å²) in [7, 11) is 0. The largest absolute Gasteiger partial charge is 0.427 e. The van der Waals surface area contributed by atoms with Gasteiger partial charge in [0, 0.05) is 12.0 Å². The molecule has 0 aliphatic carbocycles. The molecule has 0 bridgehead atoms. The number of pyridine rings is 1. The summed E-state index contributed by atoms with van der Waals surface area (Å²) in [6.45, 7) is 1.67. The number of esters is 1. The summed E-state index contributed by atoms with van der Waals surface area (Å²) in [6, 6.07) is 9.81. The molecule has 2 aromatic rings. The van der Waals surface area contributed by atoms with E-state index >= 15 is 0 Å². The topological polar surface area (TPSA) is 133 Å². The van der Waals surface area contributed by atoms with Crippen molar-refractivity contribution in [2.24, 2.45) is 0 Å². The molecule has 3 N–H and O–H groups in total. The van der Waals surface area contributed by atoms with Gasteiger partial charge in [0.25, 0.3) is 5.56 Å². The molecule has 23 heavy (non-hydrogen) atoms. The van der Waals surface area contributed by atoms with Crippen LogP contribution in [-0.2, 0) is 4.79 Å². The number of aromatic amines is 1. The maximum absolute atomic E-state index is 11.8. The van der Waals surface area contributed by atoms with Gasteiger partial charge < -0.3 is 15.5 Å². The molecule has 7 heteroatoms. The van der Waals surface area contributed by atoms with E-state index in [2.05, 4.69) is 4.98 Å². The van der Waals surface area contributed by atoms with E-state index in [4.69, 9.17) is 10.5 Å². The van der Waals surface area contributed by atoms with Gasteiger partial charge in [-0.05, 0) is 17.7 Å². The van der Waals surface area contributed by atoms with Crippen LogP contribution in [0.15, 0.2) is 29.1 Å². The average Bonchev–Trinajstić information content (AvgIpc) is 2.55. The van der Waals surface area contributed by atoms with Crippen molar-refractivity contribution in [3.8, 4) is 29.0 Å². The van der Waals surface area contributed by atoms with Crippen LogP contribution in [0.4, 0.5) is 5.82 Å². The van der Waals surface area contributed by atoms with Gasteiger partial charge >= 0.3 is 5.97 Å². The number of anilines is 1. The Morgan fingerprint density at radius 3 is 2.35 bits per heavy atom. The summed E-state index contributed by atoms with van der Waals surface area (Å²) in [5, 5.41) is 18.4. The zero-order chi connectivity index (χ0) is 17.0. The minimum Gasteiger partial charge on any atom is -0.427 e. The van der Waals surface area contributed by atoms with Gasteiger partial charge in [-0.2, -0.15) is 10.5 Å². The molecule has 0 aliphatic heterocycles. The van der Waals surface area contributed by atoms with Crippen molar-refractivity contribution >= 4 is 11.8 Å². The quantitative estimate of drug-likeness (QED) is 0.654. The number of hydrogen-bond donors (Lipinski definition) is 2. The Labute approximate surface area is 131 Å². The number of H-pyrrole nitrogens is 1. The standard InChI is InChI=1S/C16H12N4O3/c1-2-13(21)23-10-5-3-9(4-6-10)14-11(7-17)15(19)20-16(22)12(14)8-18/h3-6H,2H2,1H3,(H3,19,20,22).